The molecule has 0 bridgehead atoms. The van der Waals surface area contributed by atoms with Crippen LogP contribution >= 0.6 is 0 Å². The molecule has 9 nitrogen and oxygen atoms in total. The number of thiol groups is 1. The Balaban J connectivity index is 1.57. The van der Waals surface area contributed by atoms with Crippen LogP contribution in [-0.4, -0.2) is 43.6 Å². The van der Waals surface area contributed by atoms with Gasteiger partial charge in [-0.2, -0.15) is 9.35 Å². The van der Waals surface area contributed by atoms with Crippen molar-refractivity contribution in [1.82, 2.24) is 15.0 Å². The maximum absolute atomic E-state index is 10.8. The average Bonchev–Trinajstić information content (AvgIpc) is 3.16. The molecule has 0 radical (unpaired) electrons. The topological polar surface area (TPSA) is 130 Å². The molecule has 1 aliphatic heterocycles. The Labute approximate surface area is 174 Å². The number of amides is 1. The molecule has 0 fully saturated rings. The summed E-state index contributed by atoms with van der Waals surface area (Å²) >= 11 is 0. The first-order chi connectivity index (χ1) is 14.4. The molecule has 0 spiro atoms. The first-order valence-corrected chi connectivity index (χ1v) is 11.6. The smallest absolute Gasteiger partial charge is 0.437 e. The van der Waals surface area contributed by atoms with E-state index in [1.165, 1.54) is 12.6 Å². The highest BCUT2D eigenvalue weighted by atomic mass is 32.3. The molecule has 0 atom stereocenters. The van der Waals surface area contributed by atoms with Crippen LogP contribution in [-0.2, 0) is 22.3 Å². The van der Waals surface area contributed by atoms with E-state index in [1.807, 2.05) is 24.3 Å². The summed E-state index contributed by atoms with van der Waals surface area (Å²) in [4.78, 5) is 23.8. The number of nitrogens with zero attached hydrogens (tertiary/aromatic N) is 4. The summed E-state index contributed by atoms with van der Waals surface area (Å²) in [7, 11) is -2.94. The number of carboxylic acid groups (broad SMARTS) is 1. The zero-order chi connectivity index (χ0) is 21.1. The Kier molecular flexibility index (Phi) is 5.42. The standard InChI is InChI=1S/C20H21N5O4S/c1-30(28,25-20(26)27)11-13-4-2-6-15(10-13)23-19-22-12-21-18(24-19)16-7-3-5-14-8-9-29-17(14)16/h2-7,10,12,30H,8-9,11H2,1H3,(H,25,28)(H,26,27)(H,21,22,23,24). The summed E-state index contributed by atoms with van der Waals surface area (Å²) in [5.41, 5.74) is 3.42. The predicted molar refractivity (Wildman–Crippen MR) is 116 cm³/mol. The van der Waals surface area contributed by atoms with E-state index in [9.17, 15) is 9.35 Å². The van der Waals surface area contributed by atoms with Gasteiger partial charge in [0.05, 0.1) is 12.2 Å². The van der Waals surface area contributed by atoms with Gasteiger partial charge in [0.15, 0.2) is 5.82 Å². The van der Waals surface area contributed by atoms with Gasteiger partial charge in [-0.15, -0.1) is 0 Å². The van der Waals surface area contributed by atoms with Gasteiger partial charge in [-0.05, 0) is 35.6 Å². The minimum Gasteiger partial charge on any atom is -0.492 e. The zero-order valence-electron chi connectivity index (χ0n) is 16.2. The fourth-order valence-electron chi connectivity index (χ4n) is 3.32. The van der Waals surface area contributed by atoms with Crippen molar-refractivity contribution in [2.75, 3.05) is 18.2 Å². The molecule has 30 heavy (non-hydrogen) atoms. The third kappa shape index (κ3) is 4.61. The summed E-state index contributed by atoms with van der Waals surface area (Å²) < 4.78 is 19.4. The number of hydrogen-bond donors (Lipinski definition) is 4. The third-order valence-corrected chi connectivity index (χ3v) is 6.06. The average molecular weight is 427 g/mol. The van der Waals surface area contributed by atoms with Gasteiger partial charge in [0, 0.05) is 17.9 Å². The number of ether oxygens (including phenoxy) is 1. The molecule has 1 amide bonds. The van der Waals surface area contributed by atoms with Crippen LogP contribution in [0.2, 0.25) is 0 Å². The third-order valence-electron chi connectivity index (χ3n) is 4.49. The summed E-state index contributed by atoms with van der Waals surface area (Å²) in [5, 5.41) is 11.9. The second kappa shape index (κ2) is 8.17. The number of nitrogens with one attached hydrogen (secondary N) is 1. The van der Waals surface area contributed by atoms with E-state index in [1.54, 1.807) is 18.2 Å². The summed E-state index contributed by atoms with van der Waals surface area (Å²) in [6.07, 6.45) is 2.40. The number of aromatic nitrogens is 3. The number of benzene rings is 2. The molecule has 3 aromatic rings. The minimum atomic E-state index is -2.94. The normalized spacial score (nSPS) is 13.3. The highest BCUT2D eigenvalue weighted by Crippen LogP contribution is 2.35. The molecule has 1 aromatic heterocycles. The molecule has 10 heteroatoms. The van der Waals surface area contributed by atoms with Crippen molar-refractivity contribution in [2.45, 2.75) is 12.2 Å². The number of para-hydroxylation sites is 1. The van der Waals surface area contributed by atoms with E-state index in [0.29, 0.717) is 24.1 Å². The van der Waals surface area contributed by atoms with Crippen LogP contribution in [0.15, 0.2) is 53.2 Å². The molecule has 0 saturated heterocycles. The van der Waals surface area contributed by atoms with Crippen LogP contribution < -0.4 is 10.1 Å². The van der Waals surface area contributed by atoms with E-state index in [-0.39, 0.29) is 5.75 Å². The Morgan fingerprint density at radius 1 is 1.27 bits per heavy atom. The lowest BCUT2D eigenvalue weighted by Crippen LogP contribution is -2.13. The van der Waals surface area contributed by atoms with Crippen LogP contribution in [0.3, 0.4) is 0 Å². The van der Waals surface area contributed by atoms with E-state index in [4.69, 9.17) is 9.84 Å². The molecule has 1 aliphatic rings. The van der Waals surface area contributed by atoms with Crippen LogP contribution in [0, 0.1) is 0 Å². The maximum Gasteiger partial charge on any atom is 0.437 e. The lowest BCUT2D eigenvalue weighted by molar-refractivity contribution is 0.206. The SMILES string of the molecule is C[SH](O)(Cc1cccc(Nc2ncnc(-c3cccc4c3OCC4)n2)c1)=NC(=O)O. The van der Waals surface area contributed by atoms with E-state index in [0.717, 1.165) is 28.9 Å². The van der Waals surface area contributed by atoms with Gasteiger partial charge in [-0.25, -0.2) is 14.8 Å². The molecule has 3 N–H and O–H groups in total. The highest BCUT2D eigenvalue weighted by molar-refractivity contribution is 7.98. The van der Waals surface area contributed by atoms with Crippen molar-refractivity contribution >= 4 is 27.8 Å². The van der Waals surface area contributed by atoms with E-state index < -0.39 is 16.2 Å². The molecule has 0 unspecified atom stereocenters. The van der Waals surface area contributed by atoms with Crippen LogP contribution in [0.1, 0.15) is 11.1 Å². The molecular weight excluding hydrogens is 406 g/mol. The van der Waals surface area contributed by atoms with Crippen molar-refractivity contribution in [3.8, 4) is 17.1 Å². The Bertz CT molecular complexity index is 1160. The first-order valence-electron chi connectivity index (χ1n) is 9.24. The number of fused-ring (bicyclic) bond motifs is 1. The maximum atomic E-state index is 10.8. The minimum absolute atomic E-state index is 0.158. The lowest BCUT2D eigenvalue weighted by atomic mass is 10.1. The Morgan fingerprint density at radius 3 is 2.93 bits per heavy atom. The van der Waals surface area contributed by atoms with Gasteiger partial charge in [0.1, 0.15) is 12.1 Å². The van der Waals surface area contributed by atoms with Crippen molar-refractivity contribution < 1.29 is 19.2 Å². The zero-order valence-corrected chi connectivity index (χ0v) is 17.1. The molecule has 2 heterocycles. The van der Waals surface area contributed by atoms with Gasteiger partial charge in [-0.3, -0.25) is 0 Å². The van der Waals surface area contributed by atoms with Gasteiger partial charge in [0.2, 0.25) is 5.95 Å². The van der Waals surface area contributed by atoms with E-state index >= 15 is 0 Å². The fraction of sp³-hybridized carbons (Fsp3) is 0.200. The summed E-state index contributed by atoms with van der Waals surface area (Å²) in [6, 6.07) is 13.2. The second-order valence-corrected chi connectivity index (χ2v) is 9.67. The quantitative estimate of drug-likeness (QED) is 0.455. The number of hydrogen-bond acceptors (Lipinski definition) is 6. The van der Waals surface area contributed by atoms with Gasteiger partial charge in [0.25, 0.3) is 0 Å². The monoisotopic (exact) mass is 427 g/mol. The molecular formula is C20H21N5O4S. The Morgan fingerprint density at radius 2 is 2.10 bits per heavy atom. The highest BCUT2D eigenvalue weighted by Gasteiger charge is 2.19. The van der Waals surface area contributed by atoms with Crippen molar-refractivity contribution in [1.29, 1.82) is 0 Å². The largest absolute Gasteiger partial charge is 0.492 e. The number of carbonyl (C=O) groups is 1. The van der Waals surface area contributed by atoms with Crippen molar-refractivity contribution in [3.63, 3.8) is 0 Å². The molecule has 2 aromatic carbocycles. The number of rotatable bonds is 5. The van der Waals surface area contributed by atoms with E-state index in [2.05, 4.69) is 24.6 Å². The van der Waals surface area contributed by atoms with Crippen molar-refractivity contribution in [3.05, 3.63) is 59.9 Å². The summed E-state index contributed by atoms with van der Waals surface area (Å²) in [6.45, 7) is 0.649. The fourth-order valence-corrected chi connectivity index (χ4v) is 4.65. The predicted octanol–water partition coefficient (Wildman–Crippen LogP) is 3.57. The molecule has 0 saturated carbocycles. The molecule has 4 rings (SSSR count). The van der Waals surface area contributed by atoms with Gasteiger partial charge in [-0.1, -0.05) is 34.4 Å². The lowest BCUT2D eigenvalue weighted by Gasteiger charge is -2.17. The number of anilines is 2. The van der Waals surface area contributed by atoms with Gasteiger partial charge < -0.3 is 19.7 Å². The molecule has 0 aliphatic carbocycles. The van der Waals surface area contributed by atoms with Crippen LogP contribution in [0.25, 0.3) is 11.4 Å². The van der Waals surface area contributed by atoms with Crippen molar-refractivity contribution in [2.24, 2.45) is 4.36 Å². The molecule has 156 valence electrons. The van der Waals surface area contributed by atoms with Crippen LogP contribution in [0.4, 0.5) is 16.4 Å². The summed E-state index contributed by atoms with van der Waals surface area (Å²) in [5.74, 6) is 1.84. The van der Waals surface area contributed by atoms with Crippen LogP contribution in [0.5, 0.6) is 5.75 Å². The first kappa shape index (κ1) is 19.9. The second-order valence-electron chi connectivity index (χ2n) is 6.98. The van der Waals surface area contributed by atoms with Gasteiger partial charge >= 0.3 is 6.09 Å². The Hall–Kier alpha value is -3.37.